The van der Waals surface area contributed by atoms with Gasteiger partial charge in [-0.15, -0.1) is 0 Å². The average molecular weight is 202 g/mol. The van der Waals surface area contributed by atoms with E-state index in [1.165, 1.54) is 0 Å². The Morgan fingerprint density at radius 3 is 2.87 bits per heavy atom. The third-order valence-electron chi connectivity index (χ3n) is 1.84. The Morgan fingerprint density at radius 1 is 1.47 bits per heavy atom. The van der Waals surface area contributed by atoms with Crippen LogP contribution in [0.15, 0.2) is 42.5 Å². The molecule has 0 atom stereocenters. The first-order valence-electron chi connectivity index (χ1n) is 4.74. The van der Waals surface area contributed by atoms with Gasteiger partial charge in [-0.2, -0.15) is 0 Å². The molecule has 0 aliphatic rings. The lowest BCUT2D eigenvalue weighted by Gasteiger charge is -2.06. The first kappa shape index (κ1) is 11.2. The molecule has 78 valence electrons. The zero-order chi connectivity index (χ0) is 11.1. The number of ether oxygens (including phenoxy) is 1. The second-order valence-electron chi connectivity index (χ2n) is 3.14. The lowest BCUT2D eigenvalue weighted by atomic mass is 10.1. The summed E-state index contributed by atoms with van der Waals surface area (Å²) in [6.45, 7) is 5.81. The summed E-state index contributed by atoms with van der Waals surface area (Å²) < 4.78 is 5.45. The van der Waals surface area contributed by atoms with Crippen molar-refractivity contribution in [2.24, 2.45) is 0 Å². The molecule has 1 aromatic rings. The number of para-hydroxylation sites is 1. The Hall–Kier alpha value is -1.83. The second kappa shape index (κ2) is 5.81. The van der Waals surface area contributed by atoms with Crippen LogP contribution in [-0.2, 0) is 4.79 Å². The summed E-state index contributed by atoms with van der Waals surface area (Å²) in [7, 11) is 0. The van der Waals surface area contributed by atoms with Crippen LogP contribution in [0.25, 0.3) is 6.08 Å². The Bertz CT molecular complexity index is 378. The number of rotatable bonds is 5. The standard InChI is InChI=1S/C13H14O2/c1-3-8-15-13-7-5-4-6-12(13)9-11(2)10-14/h3-7,9-10H,1,8H2,2H3. The molecule has 0 saturated carbocycles. The monoisotopic (exact) mass is 202 g/mol. The van der Waals surface area contributed by atoms with Gasteiger partial charge in [-0.25, -0.2) is 0 Å². The normalized spacial score (nSPS) is 10.9. The van der Waals surface area contributed by atoms with E-state index in [0.717, 1.165) is 17.6 Å². The predicted octanol–water partition coefficient (Wildman–Crippen LogP) is 2.85. The fraction of sp³-hybridized carbons (Fsp3) is 0.154. The highest BCUT2D eigenvalue weighted by molar-refractivity contribution is 5.81. The summed E-state index contributed by atoms with van der Waals surface area (Å²) in [4.78, 5) is 10.5. The van der Waals surface area contributed by atoms with E-state index in [1.807, 2.05) is 24.3 Å². The molecule has 0 bridgehead atoms. The smallest absolute Gasteiger partial charge is 0.145 e. The molecule has 2 nitrogen and oxygen atoms in total. The van der Waals surface area contributed by atoms with E-state index in [4.69, 9.17) is 4.74 Å². The summed E-state index contributed by atoms with van der Waals surface area (Å²) in [5, 5.41) is 0. The van der Waals surface area contributed by atoms with Crippen LogP contribution in [0.3, 0.4) is 0 Å². The van der Waals surface area contributed by atoms with E-state index in [2.05, 4.69) is 6.58 Å². The number of aldehydes is 1. The second-order valence-corrected chi connectivity index (χ2v) is 3.14. The lowest BCUT2D eigenvalue weighted by Crippen LogP contribution is -1.94. The molecule has 0 aliphatic carbocycles. The van der Waals surface area contributed by atoms with Gasteiger partial charge < -0.3 is 4.74 Å². The maximum absolute atomic E-state index is 10.5. The van der Waals surface area contributed by atoms with Gasteiger partial charge in [0.2, 0.25) is 0 Å². The minimum absolute atomic E-state index is 0.463. The van der Waals surface area contributed by atoms with Gasteiger partial charge in [0.15, 0.2) is 0 Å². The van der Waals surface area contributed by atoms with Crippen LogP contribution in [-0.4, -0.2) is 12.9 Å². The van der Waals surface area contributed by atoms with Gasteiger partial charge in [0.25, 0.3) is 0 Å². The van der Waals surface area contributed by atoms with E-state index >= 15 is 0 Å². The van der Waals surface area contributed by atoms with Crippen molar-refractivity contribution in [3.63, 3.8) is 0 Å². The highest BCUT2D eigenvalue weighted by Crippen LogP contribution is 2.20. The number of hydrogen-bond donors (Lipinski definition) is 0. The molecule has 1 aromatic carbocycles. The largest absolute Gasteiger partial charge is 0.489 e. The minimum Gasteiger partial charge on any atom is -0.489 e. The molecule has 15 heavy (non-hydrogen) atoms. The Morgan fingerprint density at radius 2 is 2.20 bits per heavy atom. The molecule has 1 rings (SSSR count). The lowest BCUT2D eigenvalue weighted by molar-refractivity contribution is -0.104. The van der Waals surface area contributed by atoms with Crippen LogP contribution in [0.1, 0.15) is 12.5 Å². The number of benzene rings is 1. The highest BCUT2D eigenvalue weighted by atomic mass is 16.5. The SMILES string of the molecule is C=CCOc1ccccc1C=C(C)C=O. The molecule has 0 aromatic heterocycles. The summed E-state index contributed by atoms with van der Waals surface area (Å²) in [5.74, 6) is 0.763. The topological polar surface area (TPSA) is 26.3 Å². The first-order valence-corrected chi connectivity index (χ1v) is 4.74. The number of allylic oxidation sites excluding steroid dienone is 1. The molecular formula is C13H14O2. The van der Waals surface area contributed by atoms with Gasteiger partial charge in [0, 0.05) is 5.56 Å². The van der Waals surface area contributed by atoms with Crippen molar-refractivity contribution >= 4 is 12.4 Å². The summed E-state index contributed by atoms with van der Waals surface area (Å²) >= 11 is 0. The van der Waals surface area contributed by atoms with Crippen molar-refractivity contribution in [1.82, 2.24) is 0 Å². The number of hydrogen-bond acceptors (Lipinski definition) is 2. The number of carbonyl (C=O) groups excluding carboxylic acids is 1. The third-order valence-corrected chi connectivity index (χ3v) is 1.84. The van der Waals surface area contributed by atoms with Crippen molar-refractivity contribution in [2.45, 2.75) is 6.92 Å². The van der Waals surface area contributed by atoms with Crippen molar-refractivity contribution in [1.29, 1.82) is 0 Å². The summed E-state index contributed by atoms with van der Waals surface area (Å²) in [6.07, 6.45) is 4.31. The van der Waals surface area contributed by atoms with E-state index in [0.29, 0.717) is 12.2 Å². The van der Waals surface area contributed by atoms with Crippen LogP contribution < -0.4 is 4.74 Å². The summed E-state index contributed by atoms with van der Waals surface area (Å²) in [5.41, 5.74) is 1.58. The fourth-order valence-electron chi connectivity index (χ4n) is 1.16. The Labute approximate surface area is 89.9 Å². The number of carbonyl (C=O) groups is 1. The average Bonchev–Trinajstić information content (AvgIpc) is 2.28. The minimum atomic E-state index is 0.463. The van der Waals surface area contributed by atoms with Crippen LogP contribution in [0.5, 0.6) is 5.75 Å². The van der Waals surface area contributed by atoms with E-state index in [9.17, 15) is 4.79 Å². The molecule has 0 spiro atoms. The van der Waals surface area contributed by atoms with Crippen LogP contribution in [0.4, 0.5) is 0 Å². The predicted molar refractivity (Wildman–Crippen MR) is 61.8 cm³/mol. The van der Waals surface area contributed by atoms with E-state index < -0.39 is 0 Å². The molecule has 2 heteroatoms. The van der Waals surface area contributed by atoms with Gasteiger partial charge in [-0.1, -0.05) is 30.9 Å². The van der Waals surface area contributed by atoms with Crippen LogP contribution in [0.2, 0.25) is 0 Å². The van der Waals surface area contributed by atoms with Crippen LogP contribution >= 0.6 is 0 Å². The molecule has 0 N–H and O–H groups in total. The molecule has 0 unspecified atom stereocenters. The Balaban J connectivity index is 2.95. The van der Waals surface area contributed by atoms with E-state index in [-0.39, 0.29) is 0 Å². The van der Waals surface area contributed by atoms with Crippen LogP contribution in [0, 0.1) is 0 Å². The maximum atomic E-state index is 10.5. The highest BCUT2D eigenvalue weighted by Gasteiger charge is 1.99. The fourth-order valence-corrected chi connectivity index (χ4v) is 1.16. The molecular weight excluding hydrogens is 188 g/mol. The first-order chi connectivity index (χ1) is 7.27. The zero-order valence-electron chi connectivity index (χ0n) is 8.77. The molecule has 0 radical (unpaired) electrons. The van der Waals surface area contributed by atoms with Crippen molar-refractivity contribution in [3.05, 3.63) is 48.1 Å². The van der Waals surface area contributed by atoms with Gasteiger partial charge in [-0.3, -0.25) is 4.79 Å². The summed E-state index contributed by atoms with van der Waals surface area (Å²) in [6, 6.07) is 7.58. The van der Waals surface area contributed by atoms with Gasteiger partial charge >= 0.3 is 0 Å². The molecule has 0 aliphatic heterocycles. The molecule has 0 amide bonds. The van der Waals surface area contributed by atoms with Gasteiger partial charge in [0.05, 0.1) is 0 Å². The van der Waals surface area contributed by atoms with E-state index in [1.54, 1.807) is 19.1 Å². The molecule has 0 fully saturated rings. The molecule has 0 heterocycles. The zero-order valence-corrected chi connectivity index (χ0v) is 8.77. The van der Waals surface area contributed by atoms with Gasteiger partial charge in [0.1, 0.15) is 18.6 Å². The maximum Gasteiger partial charge on any atom is 0.145 e. The third kappa shape index (κ3) is 3.43. The Kier molecular flexibility index (Phi) is 4.35. The van der Waals surface area contributed by atoms with Crippen molar-refractivity contribution < 1.29 is 9.53 Å². The molecule has 0 saturated heterocycles. The van der Waals surface area contributed by atoms with Gasteiger partial charge in [-0.05, 0) is 24.6 Å². The quantitative estimate of drug-likeness (QED) is 0.417. The van der Waals surface area contributed by atoms with Crippen molar-refractivity contribution in [2.75, 3.05) is 6.61 Å². The van der Waals surface area contributed by atoms with Crippen molar-refractivity contribution in [3.8, 4) is 5.75 Å².